The Hall–Kier alpha value is -1.86. The van der Waals surface area contributed by atoms with Gasteiger partial charge in [-0.2, -0.15) is 0 Å². The zero-order chi connectivity index (χ0) is 18.6. The van der Waals surface area contributed by atoms with Gasteiger partial charge in [0.15, 0.2) is 11.5 Å². The zero-order valence-corrected chi connectivity index (χ0v) is 15.8. The van der Waals surface area contributed by atoms with Crippen molar-refractivity contribution in [3.63, 3.8) is 0 Å². The topological polar surface area (TPSA) is 75.6 Å². The number of ether oxygens (including phenoxy) is 2. The molecule has 0 amide bonds. The van der Waals surface area contributed by atoms with Gasteiger partial charge in [0.2, 0.25) is 0 Å². The second-order valence-electron chi connectivity index (χ2n) is 5.77. The van der Waals surface area contributed by atoms with Gasteiger partial charge in [0.05, 0.1) is 13.7 Å². The predicted molar refractivity (Wildman–Crippen MR) is 103 cm³/mol. The van der Waals surface area contributed by atoms with E-state index >= 15 is 0 Å². The van der Waals surface area contributed by atoms with Crippen LogP contribution in [0.3, 0.4) is 0 Å². The summed E-state index contributed by atoms with van der Waals surface area (Å²) in [7, 11) is 1.63. The van der Waals surface area contributed by atoms with Gasteiger partial charge in [-0.1, -0.05) is 23.7 Å². The first kappa shape index (κ1) is 20.5. The summed E-state index contributed by atoms with van der Waals surface area (Å²) in [6.45, 7) is 3.78. The summed E-state index contributed by atoms with van der Waals surface area (Å²) in [6, 6.07) is 9.55. The van der Waals surface area contributed by atoms with E-state index in [-0.39, 0.29) is 6.61 Å². The molecule has 6 nitrogen and oxygen atoms in total. The van der Waals surface area contributed by atoms with Crippen LogP contribution in [0.1, 0.15) is 17.5 Å². The molecule has 0 saturated heterocycles. The molecule has 0 aliphatic heterocycles. The van der Waals surface area contributed by atoms with Crippen LogP contribution in [0.15, 0.2) is 36.5 Å². The summed E-state index contributed by atoms with van der Waals surface area (Å²) < 4.78 is 11.3. The first-order valence-corrected chi connectivity index (χ1v) is 9.03. The third-order valence-corrected chi connectivity index (χ3v) is 3.96. The van der Waals surface area contributed by atoms with Crippen LogP contribution < -0.4 is 20.1 Å². The number of methoxy groups -OCH3 is 1. The molecule has 2 rings (SSSR count). The number of aliphatic hydroxyl groups is 1. The average Bonchev–Trinajstić information content (AvgIpc) is 2.67. The number of benzene rings is 1. The maximum absolute atomic E-state index is 8.69. The Morgan fingerprint density at radius 1 is 1.04 bits per heavy atom. The van der Waals surface area contributed by atoms with Gasteiger partial charge in [-0.3, -0.25) is 0 Å². The van der Waals surface area contributed by atoms with Crippen molar-refractivity contribution in [1.82, 2.24) is 15.6 Å². The van der Waals surface area contributed by atoms with E-state index in [0.717, 1.165) is 37.2 Å². The van der Waals surface area contributed by atoms with Gasteiger partial charge in [0.25, 0.3) is 0 Å². The largest absolute Gasteiger partial charge is 0.493 e. The minimum atomic E-state index is 0.177. The molecular formula is C19H26ClN3O3. The lowest BCUT2D eigenvalue weighted by Crippen LogP contribution is -2.23. The van der Waals surface area contributed by atoms with Gasteiger partial charge in [0, 0.05) is 24.8 Å². The van der Waals surface area contributed by atoms with Crippen LogP contribution in [-0.4, -0.2) is 43.4 Å². The molecule has 0 spiro atoms. The highest BCUT2D eigenvalue weighted by atomic mass is 35.5. The number of rotatable bonds is 12. The first-order valence-electron chi connectivity index (χ1n) is 8.65. The molecule has 0 atom stereocenters. The highest BCUT2D eigenvalue weighted by molar-refractivity contribution is 6.29. The second-order valence-corrected chi connectivity index (χ2v) is 6.15. The summed E-state index contributed by atoms with van der Waals surface area (Å²) >= 11 is 5.79. The normalized spacial score (nSPS) is 10.7. The van der Waals surface area contributed by atoms with Gasteiger partial charge in [0.1, 0.15) is 11.8 Å². The van der Waals surface area contributed by atoms with E-state index in [2.05, 4.69) is 15.6 Å². The number of halogens is 1. The van der Waals surface area contributed by atoms with E-state index in [9.17, 15) is 0 Å². The number of hydrogen-bond acceptors (Lipinski definition) is 6. The zero-order valence-electron chi connectivity index (χ0n) is 15.0. The molecular weight excluding hydrogens is 354 g/mol. The third-order valence-electron chi connectivity index (χ3n) is 3.74. The Kier molecular flexibility index (Phi) is 9.20. The molecule has 1 aromatic carbocycles. The van der Waals surface area contributed by atoms with E-state index < -0.39 is 0 Å². The molecule has 0 aliphatic rings. The third kappa shape index (κ3) is 7.17. The van der Waals surface area contributed by atoms with Crippen molar-refractivity contribution in [2.24, 2.45) is 0 Å². The van der Waals surface area contributed by atoms with Crippen LogP contribution >= 0.6 is 11.6 Å². The molecule has 0 fully saturated rings. The SMILES string of the molecule is COc1cc(CNCCCNCCO)ccc1OCc1ccc(Cl)nc1. The van der Waals surface area contributed by atoms with E-state index in [4.69, 9.17) is 26.2 Å². The fraction of sp³-hybridized carbons (Fsp3) is 0.421. The lowest BCUT2D eigenvalue weighted by atomic mass is 10.2. The number of pyridine rings is 1. The number of nitrogens with zero attached hydrogens (tertiary/aromatic N) is 1. The van der Waals surface area contributed by atoms with Crippen LogP contribution in [0.2, 0.25) is 5.15 Å². The summed E-state index contributed by atoms with van der Waals surface area (Å²) in [6.07, 6.45) is 2.70. The molecule has 0 saturated carbocycles. The number of aromatic nitrogens is 1. The van der Waals surface area contributed by atoms with Crippen LogP contribution in [0.4, 0.5) is 0 Å². The molecule has 0 unspecified atom stereocenters. The van der Waals surface area contributed by atoms with Crippen molar-refractivity contribution in [2.45, 2.75) is 19.6 Å². The van der Waals surface area contributed by atoms with Gasteiger partial charge in [-0.15, -0.1) is 0 Å². The summed E-state index contributed by atoms with van der Waals surface area (Å²) in [5.41, 5.74) is 2.07. The molecule has 2 aromatic rings. The van der Waals surface area contributed by atoms with E-state index in [1.54, 1.807) is 19.4 Å². The molecule has 1 heterocycles. The van der Waals surface area contributed by atoms with Gasteiger partial charge in [-0.05, 0) is 43.3 Å². The lowest BCUT2D eigenvalue weighted by molar-refractivity contribution is 0.284. The van der Waals surface area contributed by atoms with Gasteiger partial charge < -0.3 is 25.2 Å². The number of hydrogen-bond donors (Lipinski definition) is 3. The molecule has 0 bridgehead atoms. The molecule has 26 heavy (non-hydrogen) atoms. The van der Waals surface area contributed by atoms with Crippen LogP contribution in [0.5, 0.6) is 11.5 Å². The Balaban J connectivity index is 1.79. The summed E-state index contributed by atoms with van der Waals surface area (Å²) in [4.78, 5) is 4.04. The van der Waals surface area contributed by atoms with Gasteiger partial charge in [-0.25, -0.2) is 4.98 Å². The molecule has 142 valence electrons. The van der Waals surface area contributed by atoms with Crippen molar-refractivity contribution in [2.75, 3.05) is 33.4 Å². The van der Waals surface area contributed by atoms with Crippen LogP contribution in [-0.2, 0) is 13.2 Å². The van der Waals surface area contributed by atoms with Crippen molar-refractivity contribution in [3.05, 3.63) is 52.8 Å². The lowest BCUT2D eigenvalue weighted by Gasteiger charge is -2.13. The minimum Gasteiger partial charge on any atom is -0.493 e. The molecule has 3 N–H and O–H groups in total. The fourth-order valence-corrected chi connectivity index (χ4v) is 2.48. The summed E-state index contributed by atoms with van der Waals surface area (Å²) in [5.74, 6) is 1.40. The van der Waals surface area contributed by atoms with E-state index in [0.29, 0.717) is 29.8 Å². The minimum absolute atomic E-state index is 0.177. The fourth-order valence-electron chi connectivity index (χ4n) is 2.37. The highest BCUT2D eigenvalue weighted by Crippen LogP contribution is 2.28. The Bertz CT molecular complexity index is 653. The Morgan fingerprint density at radius 3 is 2.58 bits per heavy atom. The Morgan fingerprint density at radius 2 is 1.85 bits per heavy atom. The van der Waals surface area contributed by atoms with Crippen molar-refractivity contribution in [3.8, 4) is 11.5 Å². The van der Waals surface area contributed by atoms with Crippen LogP contribution in [0.25, 0.3) is 0 Å². The molecule has 1 aromatic heterocycles. The second kappa shape index (κ2) is 11.7. The predicted octanol–water partition coefficient (Wildman–Crippen LogP) is 2.38. The van der Waals surface area contributed by atoms with Crippen molar-refractivity contribution in [1.29, 1.82) is 0 Å². The monoisotopic (exact) mass is 379 g/mol. The highest BCUT2D eigenvalue weighted by Gasteiger charge is 2.06. The van der Waals surface area contributed by atoms with Gasteiger partial charge >= 0.3 is 0 Å². The molecule has 0 radical (unpaired) electrons. The van der Waals surface area contributed by atoms with E-state index in [1.165, 1.54) is 0 Å². The first-order chi connectivity index (χ1) is 12.7. The summed E-state index contributed by atoms with van der Waals surface area (Å²) in [5, 5.41) is 15.7. The quantitative estimate of drug-likeness (QED) is 0.388. The smallest absolute Gasteiger partial charge is 0.161 e. The molecule has 7 heteroatoms. The average molecular weight is 380 g/mol. The number of aliphatic hydroxyl groups excluding tert-OH is 1. The standard InChI is InChI=1S/C19H26ClN3O3/c1-25-18-11-15(12-22-8-2-7-21-9-10-24)3-5-17(18)26-14-16-4-6-19(20)23-13-16/h3-6,11,13,21-22,24H,2,7-10,12,14H2,1H3. The van der Waals surface area contributed by atoms with Crippen molar-refractivity contribution < 1.29 is 14.6 Å². The molecule has 0 aliphatic carbocycles. The van der Waals surface area contributed by atoms with Crippen LogP contribution in [0, 0.1) is 0 Å². The van der Waals surface area contributed by atoms with E-state index in [1.807, 2.05) is 24.3 Å². The Labute approximate surface area is 159 Å². The van der Waals surface area contributed by atoms with Crippen molar-refractivity contribution >= 4 is 11.6 Å². The number of nitrogens with one attached hydrogen (secondary N) is 2. The maximum Gasteiger partial charge on any atom is 0.161 e. The maximum atomic E-state index is 8.69.